The number of hydrogen-bond donors (Lipinski definition) is 0. The zero-order chi connectivity index (χ0) is 14.1. The third-order valence-electron chi connectivity index (χ3n) is 3.82. The van der Waals surface area contributed by atoms with Gasteiger partial charge in [-0.2, -0.15) is 0 Å². The molecule has 0 radical (unpaired) electrons. The summed E-state index contributed by atoms with van der Waals surface area (Å²) in [5, 5.41) is 0. The Labute approximate surface area is 119 Å². The molecule has 19 heavy (non-hydrogen) atoms. The maximum atomic E-state index is 4.23. The lowest BCUT2D eigenvalue weighted by Crippen LogP contribution is -1.89. The van der Waals surface area contributed by atoms with E-state index in [9.17, 15) is 0 Å². The minimum Gasteiger partial charge on any atom is -0.0952 e. The molecule has 0 aliphatic rings. The second-order valence-corrected chi connectivity index (χ2v) is 5.90. The van der Waals surface area contributed by atoms with Crippen molar-refractivity contribution in [2.75, 3.05) is 0 Å². The lowest BCUT2D eigenvalue weighted by atomic mass is 9.96. The Hall–Kier alpha value is -1.04. The summed E-state index contributed by atoms with van der Waals surface area (Å²) in [6.45, 7) is 11.0. The van der Waals surface area contributed by atoms with Crippen LogP contribution in [0, 0.1) is 0 Å². The van der Waals surface area contributed by atoms with Crippen molar-refractivity contribution in [3.8, 4) is 0 Å². The van der Waals surface area contributed by atoms with Crippen molar-refractivity contribution in [3.05, 3.63) is 42.0 Å². The van der Waals surface area contributed by atoms with Gasteiger partial charge in [-0.1, -0.05) is 83.7 Å². The normalized spacial score (nSPS) is 10.9. The van der Waals surface area contributed by atoms with Crippen LogP contribution in [0.3, 0.4) is 0 Å². The van der Waals surface area contributed by atoms with Crippen LogP contribution in [0.15, 0.2) is 30.8 Å². The van der Waals surface area contributed by atoms with Crippen molar-refractivity contribution in [3.63, 3.8) is 0 Å². The zero-order valence-electron chi connectivity index (χ0n) is 13.0. The third-order valence-corrected chi connectivity index (χ3v) is 3.82. The van der Waals surface area contributed by atoms with Crippen molar-refractivity contribution < 1.29 is 0 Å². The van der Waals surface area contributed by atoms with Crippen LogP contribution in [0.25, 0.3) is 5.57 Å². The summed E-state index contributed by atoms with van der Waals surface area (Å²) in [4.78, 5) is 0. The van der Waals surface area contributed by atoms with Crippen LogP contribution in [-0.2, 0) is 0 Å². The van der Waals surface area contributed by atoms with Crippen LogP contribution in [0.5, 0.6) is 0 Å². The average Bonchev–Trinajstić information content (AvgIpc) is 2.42. The van der Waals surface area contributed by atoms with E-state index in [0.29, 0.717) is 5.92 Å². The van der Waals surface area contributed by atoms with Crippen LogP contribution >= 0.6 is 0 Å². The molecule has 0 unspecified atom stereocenters. The van der Waals surface area contributed by atoms with Crippen LogP contribution in [0.1, 0.15) is 82.8 Å². The highest BCUT2D eigenvalue weighted by molar-refractivity contribution is 5.63. The van der Waals surface area contributed by atoms with Crippen LogP contribution < -0.4 is 0 Å². The molecule has 0 nitrogen and oxygen atoms in total. The van der Waals surface area contributed by atoms with Gasteiger partial charge in [-0.25, -0.2) is 0 Å². The quantitative estimate of drug-likeness (QED) is 0.439. The first kappa shape index (κ1) is 16.0. The van der Waals surface area contributed by atoms with E-state index in [1.807, 2.05) is 0 Å². The standard InChI is InChI=1S/C19H30/c1-5-6-7-8-9-10-11-17(4)19-14-12-18(13-15-19)16(2)3/h12-16H,4-11H2,1-3H3. The highest BCUT2D eigenvalue weighted by atomic mass is 14.1. The van der Waals surface area contributed by atoms with E-state index in [2.05, 4.69) is 51.6 Å². The summed E-state index contributed by atoms with van der Waals surface area (Å²) in [7, 11) is 0. The van der Waals surface area contributed by atoms with Gasteiger partial charge >= 0.3 is 0 Å². The Bertz CT molecular complexity index is 356. The molecule has 1 rings (SSSR count). The first-order valence-electron chi connectivity index (χ1n) is 7.93. The fraction of sp³-hybridized carbons (Fsp3) is 0.579. The summed E-state index contributed by atoms with van der Waals surface area (Å²) in [6, 6.07) is 8.95. The molecule has 0 aliphatic carbocycles. The summed E-state index contributed by atoms with van der Waals surface area (Å²) >= 11 is 0. The van der Waals surface area contributed by atoms with Gasteiger partial charge in [-0.15, -0.1) is 0 Å². The average molecular weight is 258 g/mol. The lowest BCUT2D eigenvalue weighted by molar-refractivity contribution is 0.613. The molecule has 0 spiro atoms. The third kappa shape index (κ3) is 6.09. The molecule has 1 aromatic carbocycles. The minimum absolute atomic E-state index is 0.612. The van der Waals surface area contributed by atoms with Gasteiger partial charge in [-0.05, 0) is 35.5 Å². The molecular weight excluding hydrogens is 228 g/mol. The Morgan fingerprint density at radius 1 is 0.947 bits per heavy atom. The maximum absolute atomic E-state index is 4.23. The smallest absolute Gasteiger partial charge is 0.0219 e. The molecule has 0 heteroatoms. The van der Waals surface area contributed by atoms with Crippen molar-refractivity contribution in [1.82, 2.24) is 0 Å². The highest BCUT2D eigenvalue weighted by Crippen LogP contribution is 2.22. The largest absolute Gasteiger partial charge is 0.0952 e. The first-order chi connectivity index (χ1) is 9.15. The molecule has 0 aromatic heterocycles. The van der Waals surface area contributed by atoms with Gasteiger partial charge in [0, 0.05) is 0 Å². The molecule has 0 fully saturated rings. The lowest BCUT2D eigenvalue weighted by Gasteiger charge is -2.09. The summed E-state index contributed by atoms with van der Waals surface area (Å²) < 4.78 is 0. The van der Waals surface area contributed by atoms with Gasteiger partial charge in [0.1, 0.15) is 0 Å². The fourth-order valence-electron chi connectivity index (χ4n) is 2.37. The number of benzene rings is 1. The van der Waals surface area contributed by atoms with E-state index in [1.54, 1.807) is 0 Å². The van der Waals surface area contributed by atoms with E-state index in [1.165, 1.54) is 55.2 Å². The van der Waals surface area contributed by atoms with Gasteiger partial charge in [-0.3, -0.25) is 0 Å². The Balaban J connectivity index is 2.29. The molecule has 0 amide bonds. The minimum atomic E-state index is 0.612. The molecule has 1 aromatic rings. The molecule has 106 valence electrons. The Kier molecular flexibility index (Phi) is 7.55. The first-order valence-corrected chi connectivity index (χ1v) is 7.93. The number of allylic oxidation sites excluding steroid dienone is 1. The van der Waals surface area contributed by atoms with Crippen molar-refractivity contribution >= 4 is 5.57 Å². The number of hydrogen-bond acceptors (Lipinski definition) is 0. The molecule has 0 aliphatic heterocycles. The summed E-state index contributed by atoms with van der Waals surface area (Å²) in [5.41, 5.74) is 4.03. The van der Waals surface area contributed by atoms with Crippen LogP contribution in [0.4, 0.5) is 0 Å². The SMILES string of the molecule is C=C(CCCCCCCC)c1ccc(C(C)C)cc1. The topological polar surface area (TPSA) is 0 Å². The zero-order valence-corrected chi connectivity index (χ0v) is 13.0. The van der Waals surface area contributed by atoms with Crippen molar-refractivity contribution in [2.24, 2.45) is 0 Å². The summed E-state index contributed by atoms with van der Waals surface area (Å²) in [6.07, 6.45) is 9.27. The Morgan fingerprint density at radius 3 is 2.11 bits per heavy atom. The molecule has 0 heterocycles. The molecular formula is C19H30. The van der Waals surface area contributed by atoms with Crippen molar-refractivity contribution in [1.29, 1.82) is 0 Å². The number of rotatable bonds is 9. The van der Waals surface area contributed by atoms with Crippen molar-refractivity contribution in [2.45, 2.75) is 71.6 Å². The molecule has 0 saturated heterocycles. The van der Waals surface area contributed by atoms with Gasteiger partial charge in [0.05, 0.1) is 0 Å². The van der Waals surface area contributed by atoms with Gasteiger partial charge in [0.15, 0.2) is 0 Å². The number of unbranched alkanes of at least 4 members (excludes halogenated alkanes) is 5. The van der Waals surface area contributed by atoms with Gasteiger partial charge in [0.2, 0.25) is 0 Å². The highest BCUT2D eigenvalue weighted by Gasteiger charge is 2.02. The summed E-state index contributed by atoms with van der Waals surface area (Å²) in [5.74, 6) is 0.612. The van der Waals surface area contributed by atoms with E-state index in [-0.39, 0.29) is 0 Å². The fourth-order valence-corrected chi connectivity index (χ4v) is 2.37. The maximum Gasteiger partial charge on any atom is -0.0219 e. The second-order valence-electron chi connectivity index (χ2n) is 5.90. The van der Waals surface area contributed by atoms with Gasteiger partial charge in [0.25, 0.3) is 0 Å². The van der Waals surface area contributed by atoms with Gasteiger partial charge < -0.3 is 0 Å². The molecule has 0 bridgehead atoms. The van der Waals surface area contributed by atoms with E-state index >= 15 is 0 Å². The van der Waals surface area contributed by atoms with E-state index < -0.39 is 0 Å². The van der Waals surface area contributed by atoms with E-state index in [4.69, 9.17) is 0 Å². The molecule has 0 atom stereocenters. The predicted molar refractivity (Wildman–Crippen MR) is 87.6 cm³/mol. The van der Waals surface area contributed by atoms with Crippen LogP contribution in [0.2, 0.25) is 0 Å². The molecule has 0 saturated carbocycles. The Morgan fingerprint density at radius 2 is 1.53 bits per heavy atom. The monoisotopic (exact) mass is 258 g/mol. The second kappa shape index (κ2) is 8.96. The van der Waals surface area contributed by atoms with Crippen LogP contribution in [-0.4, -0.2) is 0 Å². The predicted octanol–water partition coefficient (Wildman–Crippen LogP) is 6.57. The van der Waals surface area contributed by atoms with E-state index in [0.717, 1.165) is 6.42 Å². The molecule has 0 N–H and O–H groups in total.